The van der Waals surface area contributed by atoms with Crippen LogP contribution in [0.5, 0.6) is 0 Å². The largest absolute Gasteiger partial charge is 0.397 e. The van der Waals surface area contributed by atoms with Crippen LogP contribution in [0.1, 0.15) is 32.3 Å². The molecule has 0 heterocycles. The Morgan fingerprint density at radius 3 is 1.50 bits per heavy atom. The van der Waals surface area contributed by atoms with E-state index in [2.05, 4.69) is 43.4 Å². The van der Waals surface area contributed by atoms with Gasteiger partial charge >= 0.3 is 0 Å². The van der Waals surface area contributed by atoms with Gasteiger partial charge in [0.25, 0.3) is 0 Å². The summed E-state index contributed by atoms with van der Waals surface area (Å²) < 4.78 is 0.743. The molecule has 0 aliphatic heterocycles. The van der Waals surface area contributed by atoms with E-state index in [0.29, 0.717) is 28.7 Å². The molecule has 0 aromatic heterocycles. The number of rotatable bonds is 2. The third kappa shape index (κ3) is 2.00. The Hall–Kier alpha value is -0.850. The molecule has 1 atom stereocenters. The number of hydrogen-bond donors (Lipinski definition) is 4. The molecular weight excluding hydrogens is 315 g/mol. The zero-order valence-electron chi connectivity index (χ0n) is 9.84. The van der Waals surface area contributed by atoms with Crippen molar-refractivity contribution in [2.24, 2.45) is 5.92 Å². The van der Waals surface area contributed by atoms with Crippen LogP contribution in [0.2, 0.25) is 0 Å². The Kier molecular flexibility index (Phi) is 3.77. The molecule has 0 bridgehead atoms. The first-order chi connectivity index (χ1) is 7.29. The van der Waals surface area contributed by atoms with Crippen molar-refractivity contribution < 1.29 is 0 Å². The van der Waals surface area contributed by atoms with Crippen LogP contribution >= 0.6 is 22.6 Å². The maximum atomic E-state index is 6.03. The van der Waals surface area contributed by atoms with Crippen LogP contribution < -0.4 is 22.9 Å². The third-order valence-corrected chi connectivity index (χ3v) is 4.25. The smallest absolute Gasteiger partial charge is 0.0709 e. The van der Waals surface area contributed by atoms with Gasteiger partial charge < -0.3 is 22.9 Å². The van der Waals surface area contributed by atoms with Crippen molar-refractivity contribution in [3.8, 4) is 0 Å². The highest BCUT2D eigenvalue weighted by molar-refractivity contribution is 14.1. The number of nitrogen functional groups attached to an aromatic ring is 4. The minimum absolute atomic E-state index is 0.238. The van der Waals surface area contributed by atoms with Gasteiger partial charge in [0.1, 0.15) is 0 Å². The average molecular weight is 334 g/mol. The van der Waals surface area contributed by atoms with Crippen molar-refractivity contribution >= 4 is 45.3 Å². The molecule has 0 saturated carbocycles. The number of nitrogens with two attached hydrogens (primary N) is 4. The number of hydrogen-bond acceptors (Lipinski definition) is 4. The summed E-state index contributed by atoms with van der Waals surface area (Å²) in [6.45, 7) is 6.32. The first kappa shape index (κ1) is 13.2. The van der Waals surface area contributed by atoms with Gasteiger partial charge in [-0.3, -0.25) is 0 Å². The van der Waals surface area contributed by atoms with Gasteiger partial charge in [-0.25, -0.2) is 0 Å². The lowest BCUT2D eigenvalue weighted by molar-refractivity contribution is 0.538. The van der Waals surface area contributed by atoms with Crippen LogP contribution in [0, 0.1) is 9.49 Å². The molecule has 1 aromatic carbocycles. The summed E-state index contributed by atoms with van der Waals surface area (Å²) >= 11 is 2.07. The molecule has 0 spiro atoms. The summed E-state index contributed by atoms with van der Waals surface area (Å²) in [5.74, 6) is 0.671. The molecule has 90 valence electrons. The molecular formula is C11H19IN4. The van der Waals surface area contributed by atoms with Crippen molar-refractivity contribution in [1.82, 2.24) is 0 Å². The standard InChI is InChI=1S/C11H19IN4/c1-4(2)5(3)6-8(13)10(15)7(12)11(16)9(6)14/h4-5H,13-16H2,1-3H3. The van der Waals surface area contributed by atoms with Crippen molar-refractivity contribution in [3.05, 3.63) is 9.13 Å². The van der Waals surface area contributed by atoms with Gasteiger partial charge in [-0.05, 0) is 34.4 Å². The lowest BCUT2D eigenvalue weighted by atomic mass is 9.87. The summed E-state index contributed by atoms with van der Waals surface area (Å²) in [6, 6.07) is 0. The fourth-order valence-corrected chi connectivity index (χ4v) is 2.22. The van der Waals surface area contributed by atoms with E-state index in [1.54, 1.807) is 0 Å². The molecule has 0 radical (unpaired) electrons. The van der Waals surface area contributed by atoms with Crippen LogP contribution in [0.4, 0.5) is 22.7 Å². The average Bonchev–Trinajstić information content (AvgIpc) is 2.23. The molecule has 1 unspecified atom stereocenters. The number of halogens is 1. The molecule has 0 amide bonds. The number of benzene rings is 1. The maximum absolute atomic E-state index is 6.03. The van der Waals surface area contributed by atoms with E-state index >= 15 is 0 Å². The van der Waals surface area contributed by atoms with Crippen molar-refractivity contribution in [2.75, 3.05) is 22.9 Å². The van der Waals surface area contributed by atoms with Crippen LogP contribution in [-0.2, 0) is 0 Å². The fourth-order valence-electron chi connectivity index (χ4n) is 1.64. The molecule has 1 rings (SSSR count). The van der Waals surface area contributed by atoms with Gasteiger partial charge in [0, 0.05) is 5.56 Å². The predicted molar refractivity (Wildman–Crippen MR) is 80.1 cm³/mol. The van der Waals surface area contributed by atoms with E-state index in [4.69, 9.17) is 22.9 Å². The Morgan fingerprint density at radius 2 is 1.19 bits per heavy atom. The lowest BCUT2D eigenvalue weighted by Crippen LogP contribution is -2.14. The van der Waals surface area contributed by atoms with Gasteiger partial charge in [-0.15, -0.1) is 0 Å². The SMILES string of the molecule is CC(C)C(C)c1c(N)c(N)c(I)c(N)c1N. The molecule has 8 N–H and O–H groups in total. The van der Waals surface area contributed by atoms with Crippen LogP contribution in [0.3, 0.4) is 0 Å². The maximum Gasteiger partial charge on any atom is 0.0709 e. The molecule has 16 heavy (non-hydrogen) atoms. The lowest BCUT2D eigenvalue weighted by Gasteiger charge is -2.23. The minimum atomic E-state index is 0.238. The summed E-state index contributed by atoms with van der Waals surface area (Å²) in [5.41, 5.74) is 27.0. The van der Waals surface area contributed by atoms with Crippen LogP contribution in [0.25, 0.3) is 0 Å². The highest BCUT2D eigenvalue weighted by atomic mass is 127. The Bertz CT molecular complexity index is 386. The van der Waals surface area contributed by atoms with Crippen molar-refractivity contribution in [2.45, 2.75) is 26.7 Å². The summed E-state index contributed by atoms with van der Waals surface area (Å²) in [4.78, 5) is 0. The molecule has 1 aromatic rings. The second-order valence-corrected chi connectivity index (χ2v) is 5.49. The Balaban J connectivity index is 3.51. The summed E-state index contributed by atoms with van der Waals surface area (Å²) in [6.07, 6.45) is 0. The molecule has 0 fully saturated rings. The second-order valence-electron chi connectivity index (χ2n) is 4.42. The predicted octanol–water partition coefficient (Wildman–Crippen LogP) is 2.38. The first-order valence-corrected chi connectivity index (χ1v) is 6.28. The van der Waals surface area contributed by atoms with Crippen LogP contribution in [-0.4, -0.2) is 0 Å². The highest BCUT2D eigenvalue weighted by Gasteiger charge is 2.22. The normalized spacial score (nSPS) is 13.1. The molecule has 0 aliphatic rings. The van der Waals surface area contributed by atoms with Gasteiger partial charge in [0.2, 0.25) is 0 Å². The van der Waals surface area contributed by atoms with Gasteiger partial charge in [-0.2, -0.15) is 0 Å². The topological polar surface area (TPSA) is 104 Å². The summed E-state index contributed by atoms with van der Waals surface area (Å²) in [5, 5.41) is 0. The monoisotopic (exact) mass is 334 g/mol. The quantitative estimate of drug-likeness (QED) is 0.492. The van der Waals surface area contributed by atoms with Crippen molar-refractivity contribution in [3.63, 3.8) is 0 Å². The summed E-state index contributed by atoms with van der Waals surface area (Å²) in [7, 11) is 0. The zero-order chi connectivity index (χ0) is 12.6. The molecule has 0 aliphatic carbocycles. The molecule has 5 heteroatoms. The van der Waals surface area contributed by atoms with E-state index in [1.807, 2.05) is 0 Å². The Labute approximate surface area is 110 Å². The first-order valence-electron chi connectivity index (χ1n) is 5.20. The fraction of sp³-hybridized carbons (Fsp3) is 0.455. The Morgan fingerprint density at radius 1 is 0.812 bits per heavy atom. The van der Waals surface area contributed by atoms with Crippen LogP contribution in [0.15, 0.2) is 0 Å². The highest BCUT2D eigenvalue weighted by Crippen LogP contribution is 2.42. The molecule has 4 nitrogen and oxygen atoms in total. The molecule has 0 saturated heterocycles. The van der Waals surface area contributed by atoms with E-state index in [0.717, 1.165) is 9.13 Å². The third-order valence-electron chi connectivity index (χ3n) is 3.09. The van der Waals surface area contributed by atoms with E-state index in [-0.39, 0.29) is 5.92 Å². The van der Waals surface area contributed by atoms with E-state index in [9.17, 15) is 0 Å². The van der Waals surface area contributed by atoms with Gasteiger partial charge in [-0.1, -0.05) is 20.8 Å². The van der Waals surface area contributed by atoms with Crippen molar-refractivity contribution in [1.29, 1.82) is 0 Å². The zero-order valence-corrected chi connectivity index (χ0v) is 12.0. The van der Waals surface area contributed by atoms with Gasteiger partial charge in [0.15, 0.2) is 0 Å². The van der Waals surface area contributed by atoms with E-state index < -0.39 is 0 Å². The van der Waals surface area contributed by atoms with Gasteiger partial charge in [0.05, 0.1) is 26.3 Å². The second kappa shape index (κ2) is 4.57. The minimum Gasteiger partial charge on any atom is -0.397 e. The van der Waals surface area contributed by atoms with E-state index in [1.165, 1.54) is 0 Å². The number of anilines is 4.